The number of halogens is 1. The van der Waals surface area contributed by atoms with Gasteiger partial charge in [-0.3, -0.25) is 9.59 Å². The van der Waals surface area contributed by atoms with Gasteiger partial charge in [0.05, 0.1) is 5.69 Å². The van der Waals surface area contributed by atoms with Crippen LogP contribution in [0.5, 0.6) is 0 Å². The fourth-order valence-electron chi connectivity index (χ4n) is 2.19. The first-order chi connectivity index (χ1) is 9.20. The lowest BCUT2D eigenvalue weighted by Gasteiger charge is -2.15. The summed E-state index contributed by atoms with van der Waals surface area (Å²) in [7, 11) is 0. The number of hydrogen-bond donors (Lipinski definition) is 0. The number of anilines is 1. The SMILES string of the molecule is O=C(c1ccccc1)N1C(=O)C(F)c2ccccc21. The van der Waals surface area contributed by atoms with Crippen molar-refractivity contribution in [3.05, 3.63) is 65.7 Å². The van der Waals surface area contributed by atoms with Crippen LogP contribution in [0.3, 0.4) is 0 Å². The van der Waals surface area contributed by atoms with Gasteiger partial charge in [0.25, 0.3) is 11.8 Å². The molecule has 1 aliphatic rings. The molecule has 3 nitrogen and oxygen atoms in total. The van der Waals surface area contributed by atoms with Crippen LogP contribution in [0.1, 0.15) is 22.1 Å². The predicted octanol–water partition coefficient (Wildman–Crippen LogP) is 2.88. The van der Waals surface area contributed by atoms with Crippen LogP contribution in [0.4, 0.5) is 10.1 Å². The molecule has 0 saturated carbocycles. The minimum atomic E-state index is -1.76. The molecule has 0 aromatic heterocycles. The third-order valence-electron chi connectivity index (χ3n) is 3.11. The van der Waals surface area contributed by atoms with Crippen molar-refractivity contribution >= 4 is 17.5 Å². The van der Waals surface area contributed by atoms with Crippen molar-refractivity contribution in [1.82, 2.24) is 0 Å². The Morgan fingerprint density at radius 1 is 1.00 bits per heavy atom. The van der Waals surface area contributed by atoms with Crippen LogP contribution in [0, 0.1) is 0 Å². The molecule has 1 unspecified atom stereocenters. The fourth-order valence-corrected chi connectivity index (χ4v) is 2.19. The van der Waals surface area contributed by atoms with E-state index >= 15 is 0 Å². The quantitative estimate of drug-likeness (QED) is 0.735. The Hall–Kier alpha value is -2.49. The zero-order chi connectivity index (χ0) is 13.4. The van der Waals surface area contributed by atoms with E-state index in [1.807, 2.05) is 0 Å². The van der Waals surface area contributed by atoms with Crippen LogP contribution < -0.4 is 4.90 Å². The van der Waals surface area contributed by atoms with Gasteiger partial charge in [0.2, 0.25) is 6.17 Å². The first-order valence-electron chi connectivity index (χ1n) is 5.86. The molecule has 0 saturated heterocycles. The molecule has 0 bridgehead atoms. The molecule has 1 atom stereocenters. The topological polar surface area (TPSA) is 37.4 Å². The highest BCUT2D eigenvalue weighted by Crippen LogP contribution is 2.38. The van der Waals surface area contributed by atoms with Crippen LogP contribution in [0.25, 0.3) is 0 Å². The summed E-state index contributed by atoms with van der Waals surface area (Å²) in [6, 6.07) is 14.8. The van der Waals surface area contributed by atoms with Gasteiger partial charge in [-0.25, -0.2) is 9.29 Å². The van der Waals surface area contributed by atoms with E-state index in [1.165, 1.54) is 6.07 Å². The van der Waals surface area contributed by atoms with Crippen molar-refractivity contribution in [1.29, 1.82) is 0 Å². The first-order valence-corrected chi connectivity index (χ1v) is 5.86. The molecule has 2 amide bonds. The largest absolute Gasteiger partial charge is 0.273 e. The summed E-state index contributed by atoms with van der Waals surface area (Å²) in [4.78, 5) is 25.1. The normalized spacial score (nSPS) is 17.4. The Labute approximate surface area is 109 Å². The van der Waals surface area contributed by atoms with Crippen molar-refractivity contribution in [2.75, 3.05) is 4.90 Å². The smallest absolute Gasteiger partial charge is 0.270 e. The highest BCUT2D eigenvalue weighted by molar-refractivity contribution is 6.25. The molecule has 19 heavy (non-hydrogen) atoms. The third-order valence-corrected chi connectivity index (χ3v) is 3.11. The van der Waals surface area contributed by atoms with Gasteiger partial charge in [0.15, 0.2) is 0 Å². The molecule has 0 spiro atoms. The van der Waals surface area contributed by atoms with E-state index < -0.39 is 18.0 Å². The number of rotatable bonds is 1. The Bertz CT molecular complexity index is 654. The lowest BCUT2D eigenvalue weighted by atomic mass is 10.1. The number of benzene rings is 2. The van der Waals surface area contributed by atoms with Gasteiger partial charge >= 0.3 is 0 Å². The molecule has 4 heteroatoms. The second-order valence-electron chi connectivity index (χ2n) is 4.27. The zero-order valence-electron chi connectivity index (χ0n) is 9.92. The Balaban J connectivity index is 2.07. The number of carbonyl (C=O) groups is 2. The molecule has 0 fully saturated rings. The molecular formula is C15H10FNO2. The van der Waals surface area contributed by atoms with E-state index in [4.69, 9.17) is 0 Å². The lowest BCUT2D eigenvalue weighted by Crippen LogP contribution is -2.34. The number of hydrogen-bond acceptors (Lipinski definition) is 2. The monoisotopic (exact) mass is 255 g/mol. The Kier molecular flexibility index (Phi) is 2.63. The summed E-state index contributed by atoms with van der Waals surface area (Å²) in [5.74, 6) is -1.33. The first kappa shape index (κ1) is 11.6. The van der Waals surface area contributed by atoms with Crippen molar-refractivity contribution in [3.63, 3.8) is 0 Å². The van der Waals surface area contributed by atoms with Crippen LogP contribution in [-0.4, -0.2) is 11.8 Å². The molecule has 0 aliphatic carbocycles. The molecule has 1 aliphatic heterocycles. The average Bonchev–Trinajstić information content (AvgIpc) is 2.72. The molecule has 0 radical (unpaired) electrons. The van der Waals surface area contributed by atoms with Crippen molar-refractivity contribution in [3.8, 4) is 0 Å². The lowest BCUT2D eigenvalue weighted by molar-refractivity contribution is -0.121. The van der Waals surface area contributed by atoms with Crippen LogP contribution in [0.2, 0.25) is 0 Å². The Morgan fingerprint density at radius 3 is 2.37 bits per heavy atom. The number of fused-ring (bicyclic) bond motifs is 1. The van der Waals surface area contributed by atoms with Crippen LogP contribution in [-0.2, 0) is 4.79 Å². The summed E-state index contributed by atoms with van der Waals surface area (Å²) >= 11 is 0. The number of carbonyl (C=O) groups excluding carboxylic acids is 2. The molecular weight excluding hydrogens is 245 g/mol. The third kappa shape index (κ3) is 1.73. The number of amides is 2. The van der Waals surface area contributed by atoms with Gasteiger partial charge in [-0.1, -0.05) is 36.4 Å². The number of para-hydroxylation sites is 1. The van der Waals surface area contributed by atoms with E-state index in [1.54, 1.807) is 48.5 Å². The molecule has 94 valence electrons. The van der Waals surface area contributed by atoms with E-state index in [9.17, 15) is 14.0 Å². The number of alkyl halides is 1. The summed E-state index contributed by atoms with van der Waals surface area (Å²) < 4.78 is 13.9. The fraction of sp³-hybridized carbons (Fsp3) is 0.0667. The maximum Gasteiger partial charge on any atom is 0.273 e. The average molecular weight is 255 g/mol. The second-order valence-corrected chi connectivity index (χ2v) is 4.27. The number of nitrogens with zero attached hydrogens (tertiary/aromatic N) is 1. The van der Waals surface area contributed by atoms with Gasteiger partial charge < -0.3 is 0 Å². The summed E-state index contributed by atoms with van der Waals surface area (Å²) in [5, 5.41) is 0. The molecule has 1 heterocycles. The number of imide groups is 1. The van der Waals surface area contributed by atoms with Crippen molar-refractivity contribution in [2.45, 2.75) is 6.17 Å². The standard InChI is InChI=1S/C15H10FNO2/c16-13-11-8-4-5-9-12(11)17(15(13)19)14(18)10-6-2-1-3-7-10/h1-9,13H. The van der Waals surface area contributed by atoms with E-state index in [2.05, 4.69) is 0 Å². The predicted molar refractivity (Wildman–Crippen MR) is 68.5 cm³/mol. The second kappa shape index (κ2) is 4.31. The summed E-state index contributed by atoms with van der Waals surface area (Å²) in [6.45, 7) is 0. The highest BCUT2D eigenvalue weighted by Gasteiger charge is 2.40. The highest BCUT2D eigenvalue weighted by atomic mass is 19.1. The minimum Gasteiger partial charge on any atom is -0.270 e. The van der Waals surface area contributed by atoms with E-state index in [-0.39, 0.29) is 5.56 Å². The summed E-state index contributed by atoms with van der Waals surface area (Å²) in [6.07, 6.45) is -1.76. The molecule has 2 aromatic carbocycles. The molecule has 2 aromatic rings. The van der Waals surface area contributed by atoms with Gasteiger partial charge in [0.1, 0.15) is 0 Å². The van der Waals surface area contributed by atoms with E-state index in [0.29, 0.717) is 11.3 Å². The maximum absolute atomic E-state index is 13.9. The maximum atomic E-state index is 13.9. The van der Waals surface area contributed by atoms with Gasteiger partial charge in [-0.2, -0.15) is 0 Å². The Morgan fingerprint density at radius 2 is 1.63 bits per heavy atom. The van der Waals surface area contributed by atoms with Gasteiger partial charge in [0, 0.05) is 11.1 Å². The molecule has 3 rings (SSSR count). The molecule has 0 N–H and O–H groups in total. The van der Waals surface area contributed by atoms with Gasteiger partial charge in [-0.05, 0) is 18.2 Å². The van der Waals surface area contributed by atoms with Crippen molar-refractivity contribution in [2.24, 2.45) is 0 Å². The summed E-state index contributed by atoms with van der Waals surface area (Å²) in [5.41, 5.74) is 0.936. The van der Waals surface area contributed by atoms with Crippen molar-refractivity contribution < 1.29 is 14.0 Å². The zero-order valence-corrected chi connectivity index (χ0v) is 9.92. The van der Waals surface area contributed by atoms with E-state index in [0.717, 1.165) is 4.90 Å². The minimum absolute atomic E-state index is 0.247. The van der Waals surface area contributed by atoms with Gasteiger partial charge in [-0.15, -0.1) is 0 Å². The van der Waals surface area contributed by atoms with Crippen LogP contribution in [0.15, 0.2) is 54.6 Å². The van der Waals surface area contributed by atoms with Crippen LogP contribution >= 0.6 is 0 Å².